The summed E-state index contributed by atoms with van der Waals surface area (Å²) in [4.78, 5) is 0. The van der Waals surface area contributed by atoms with Crippen molar-refractivity contribution in [2.45, 2.75) is 45.4 Å². The van der Waals surface area contributed by atoms with Crippen molar-refractivity contribution in [2.75, 3.05) is 0 Å². The van der Waals surface area contributed by atoms with Crippen molar-refractivity contribution in [3.8, 4) is 0 Å². The molecule has 0 saturated heterocycles. The van der Waals surface area contributed by atoms with Crippen molar-refractivity contribution in [1.82, 2.24) is 0 Å². The second kappa shape index (κ2) is 6.05. The van der Waals surface area contributed by atoms with E-state index in [4.69, 9.17) is 0 Å². The van der Waals surface area contributed by atoms with Crippen LogP contribution in [0.2, 0.25) is 0 Å². The smallest absolute Gasteiger partial charge is 0.0250 e. The van der Waals surface area contributed by atoms with Gasteiger partial charge in [0.25, 0.3) is 0 Å². The van der Waals surface area contributed by atoms with Crippen LogP contribution in [0.5, 0.6) is 0 Å². The van der Waals surface area contributed by atoms with Crippen molar-refractivity contribution in [3.63, 3.8) is 0 Å². The average molecular weight is 228 g/mol. The Bertz CT molecular complexity index is 339. The van der Waals surface area contributed by atoms with Gasteiger partial charge in [0.1, 0.15) is 0 Å². The van der Waals surface area contributed by atoms with Crippen molar-refractivity contribution in [3.05, 3.63) is 42.0 Å². The van der Waals surface area contributed by atoms with E-state index in [9.17, 15) is 0 Å². The summed E-state index contributed by atoms with van der Waals surface area (Å²) in [5.41, 5.74) is 2.72. The zero-order valence-electron chi connectivity index (χ0n) is 11.0. The van der Waals surface area contributed by atoms with Crippen LogP contribution >= 0.6 is 0 Å². The van der Waals surface area contributed by atoms with Gasteiger partial charge < -0.3 is 0 Å². The maximum atomic E-state index is 3.79. The molecule has 0 aromatic heterocycles. The molecule has 2 rings (SSSR count). The molecule has 1 fully saturated rings. The normalized spacial score (nSPS) is 24.5. The lowest BCUT2D eigenvalue weighted by atomic mass is 9.78. The Hall–Kier alpha value is -1.04. The van der Waals surface area contributed by atoms with E-state index in [2.05, 4.69) is 37.8 Å². The van der Waals surface area contributed by atoms with Gasteiger partial charge in [-0.05, 0) is 42.2 Å². The van der Waals surface area contributed by atoms with Crippen LogP contribution in [0.15, 0.2) is 30.8 Å². The molecule has 0 atom stereocenters. The molecule has 0 spiro atoms. The minimum atomic E-state index is 0.924. The van der Waals surface area contributed by atoms with Crippen molar-refractivity contribution < 1.29 is 0 Å². The van der Waals surface area contributed by atoms with Crippen LogP contribution in [0, 0.1) is 11.8 Å². The summed E-state index contributed by atoms with van der Waals surface area (Å²) < 4.78 is 0. The minimum absolute atomic E-state index is 0.924. The largest absolute Gasteiger partial charge is 0.0985 e. The summed E-state index contributed by atoms with van der Waals surface area (Å²) >= 11 is 0. The SMILES string of the molecule is C=Cc1ccc(CC2CCC(CC)CC2)cc1. The van der Waals surface area contributed by atoms with Gasteiger partial charge in [0.2, 0.25) is 0 Å². The number of hydrogen-bond acceptors (Lipinski definition) is 0. The first-order valence-electron chi connectivity index (χ1n) is 7.03. The highest BCUT2D eigenvalue weighted by atomic mass is 14.2. The Balaban J connectivity index is 1.86. The van der Waals surface area contributed by atoms with Gasteiger partial charge in [-0.2, -0.15) is 0 Å². The molecule has 0 aliphatic heterocycles. The summed E-state index contributed by atoms with van der Waals surface area (Å²) in [6.45, 7) is 6.13. The predicted octanol–water partition coefficient (Wildman–Crippen LogP) is 5.09. The third-order valence-corrected chi connectivity index (χ3v) is 4.28. The fraction of sp³-hybridized carbons (Fsp3) is 0.529. The highest BCUT2D eigenvalue weighted by Gasteiger charge is 2.19. The lowest BCUT2D eigenvalue weighted by Gasteiger charge is -2.27. The molecular formula is C17H24. The van der Waals surface area contributed by atoms with Crippen LogP contribution in [0.1, 0.15) is 50.2 Å². The van der Waals surface area contributed by atoms with E-state index >= 15 is 0 Å². The van der Waals surface area contributed by atoms with Crippen molar-refractivity contribution >= 4 is 6.08 Å². The molecular weight excluding hydrogens is 204 g/mol. The van der Waals surface area contributed by atoms with Gasteiger partial charge >= 0.3 is 0 Å². The molecule has 1 aliphatic carbocycles. The quantitative estimate of drug-likeness (QED) is 0.673. The summed E-state index contributed by atoms with van der Waals surface area (Å²) in [5, 5.41) is 0. The van der Waals surface area contributed by atoms with Crippen LogP contribution < -0.4 is 0 Å². The van der Waals surface area contributed by atoms with Crippen LogP contribution in [0.4, 0.5) is 0 Å². The van der Waals surface area contributed by atoms with E-state index in [1.807, 2.05) is 6.08 Å². The van der Waals surface area contributed by atoms with E-state index in [0.717, 1.165) is 11.8 Å². The zero-order valence-corrected chi connectivity index (χ0v) is 11.0. The molecule has 0 amide bonds. The molecule has 0 radical (unpaired) electrons. The van der Waals surface area contributed by atoms with Gasteiger partial charge in [-0.25, -0.2) is 0 Å². The Kier molecular flexibility index (Phi) is 4.42. The van der Waals surface area contributed by atoms with Crippen molar-refractivity contribution in [2.24, 2.45) is 11.8 Å². The van der Waals surface area contributed by atoms with Crippen molar-refractivity contribution in [1.29, 1.82) is 0 Å². The third-order valence-electron chi connectivity index (χ3n) is 4.28. The third kappa shape index (κ3) is 3.46. The fourth-order valence-electron chi connectivity index (χ4n) is 2.97. The number of rotatable bonds is 4. The van der Waals surface area contributed by atoms with E-state index in [-0.39, 0.29) is 0 Å². The molecule has 0 heterocycles. The molecule has 1 saturated carbocycles. The van der Waals surface area contributed by atoms with E-state index in [1.54, 1.807) is 0 Å². The van der Waals surface area contributed by atoms with E-state index in [0.29, 0.717) is 0 Å². The summed E-state index contributed by atoms with van der Waals surface area (Å²) in [5.74, 6) is 1.93. The zero-order chi connectivity index (χ0) is 12.1. The first-order valence-corrected chi connectivity index (χ1v) is 7.03. The molecule has 92 valence electrons. The standard InChI is InChI=1S/C17H24/c1-3-14-5-9-16(10-6-14)13-17-11-7-15(4-2)8-12-17/h3,5-6,9-10,15,17H,1,4,7-8,11-13H2,2H3. The van der Waals surface area contributed by atoms with Gasteiger partial charge in [0.15, 0.2) is 0 Å². The highest BCUT2D eigenvalue weighted by molar-refractivity contribution is 5.47. The maximum Gasteiger partial charge on any atom is -0.0250 e. The maximum absolute atomic E-state index is 3.79. The highest BCUT2D eigenvalue weighted by Crippen LogP contribution is 2.32. The first kappa shape index (κ1) is 12.4. The number of benzene rings is 1. The van der Waals surface area contributed by atoms with Crippen LogP contribution in [-0.2, 0) is 6.42 Å². The fourth-order valence-corrected chi connectivity index (χ4v) is 2.97. The molecule has 0 N–H and O–H groups in total. The van der Waals surface area contributed by atoms with Gasteiger partial charge in [0.05, 0.1) is 0 Å². The summed E-state index contributed by atoms with van der Waals surface area (Å²) in [7, 11) is 0. The Morgan fingerprint density at radius 3 is 2.18 bits per heavy atom. The Labute approximate surface area is 106 Å². The van der Waals surface area contributed by atoms with Gasteiger partial charge in [0, 0.05) is 0 Å². The van der Waals surface area contributed by atoms with Gasteiger partial charge in [-0.15, -0.1) is 0 Å². The monoisotopic (exact) mass is 228 g/mol. The minimum Gasteiger partial charge on any atom is -0.0985 e. The van der Waals surface area contributed by atoms with Crippen LogP contribution in [0.3, 0.4) is 0 Å². The van der Waals surface area contributed by atoms with Gasteiger partial charge in [-0.1, -0.05) is 63.1 Å². The molecule has 1 aliphatic rings. The first-order chi connectivity index (χ1) is 8.31. The molecule has 0 unspecified atom stereocenters. The Morgan fingerprint density at radius 2 is 1.65 bits per heavy atom. The number of hydrogen-bond donors (Lipinski definition) is 0. The molecule has 0 nitrogen and oxygen atoms in total. The average Bonchev–Trinajstić information content (AvgIpc) is 2.40. The van der Waals surface area contributed by atoms with Crippen LogP contribution in [0.25, 0.3) is 6.08 Å². The Morgan fingerprint density at radius 1 is 1.06 bits per heavy atom. The second-order valence-electron chi connectivity index (χ2n) is 5.44. The lowest BCUT2D eigenvalue weighted by molar-refractivity contribution is 0.268. The second-order valence-corrected chi connectivity index (χ2v) is 5.44. The molecule has 17 heavy (non-hydrogen) atoms. The molecule has 0 heteroatoms. The predicted molar refractivity (Wildman–Crippen MR) is 76.0 cm³/mol. The molecule has 0 bridgehead atoms. The van der Waals surface area contributed by atoms with E-state index < -0.39 is 0 Å². The molecule has 1 aromatic carbocycles. The van der Waals surface area contributed by atoms with E-state index in [1.165, 1.54) is 49.7 Å². The summed E-state index contributed by atoms with van der Waals surface area (Å²) in [6.07, 6.45) is 10.3. The van der Waals surface area contributed by atoms with Crippen LogP contribution in [-0.4, -0.2) is 0 Å². The van der Waals surface area contributed by atoms with Gasteiger partial charge in [-0.3, -0.25) is 0 Å². The topological polar surface area (TPSA) is 0 Å². The lowest BCUT2D eigenvalue weighted by Crippen LogP contribution is -2.15. The molecule has 1 aromatic rings. The summed E-state index contributed by atoms with van der Waals surface area (Å²) in [6, 6.07) is 8.89.